The number of hydrogen-bond acceptors (Lipinski definition) is 4. The summed E-state index contributed by atoms with van der Waals surface area (Å²) in [6.45, 7) is 9.98. The third-order valence-electron chi connectivity index (χ3n) is 4.07. The van der Waals surface area contributed by atoms with Crippen LogP contribution in [0.3, 0.4) is 0 Å². The van der Waals surface area contributed by atoms with Crippen LogP contribution >= 0.6 is 0 Å². The summed E-state index contributed by atoms with van der Waals surface area (Å²) < 4.78 is 5.85. The predicted molar refractivity (Wildman–Crippen MR) is 105 cm³/mol. The number of amides is 2. The first-order valence-corrected chi connectivity index (χ1v) is 9.04. The van der Waals surface area contributed by atoms with Crippen LogP contribution in [0, 0.1) is 6.92 Å². The number of rotatable bonds is 9. The maximum absolute atomic E-state index is 12.2. The van der Waals surface area contributed by atoms with E-state index in [1.165, 1.54) is 0 Å². The van der Waals surface area contributed by atoms with Gasteiger partial charge in [-0.25, -0.2) is 4.79 Å². The Kier molecular flexibility index (Phi) is 7.89. The molecule has 2 amide bonds. The second-order valence-electron chi connectivity index (χ2n) is 5.95. The first kappa shape index (κ1) is 19.7. The molecule has 0 aliphatic heterocycles. The van der Waals surface area contributed by atoms with E-state index in [1.54, 1.807) is 0 Å². The van der Waals surface area contributed by atoms with Crippen molar-refractivity contribution in [2.75, 3.05) is 31.6 Å². The molecule has 26 heavy (non-hydrogen) atoms. The van der Waals surface area contributed by atoms with Crippen LogP contribution in [0.25, 0.3) is 0 Å². The Morgan fingerprint density at radius 2 is 1.88 bits per heavy atom. The maximum Gasteiger partial charge on any atom is 0.319 e. The summed E-state index contributed by atoms with van der Waals surface area (Å²) in [4.78, 5) is 18.8. The molecule has 140 valence electrons. The molecule has 2 rings (SSSR count). The summed E-state index contributed by atoms with van der Waals surface area (Å²) in [6, 6.07) is 12.9. The molecule has 0 saturated heterocycles. The second kappa shape index (κ2) is 10.4. The molecule has 0 radical (unpaired) electrons. The van der Waals surface area contributed by atoms with Crippen LogP contribution in [0.15, 0.2) is 42.5 Å². The minimum atomic E-state index is -0.284. The van der Waals surface area contributed by atoms with Gasteiger partial charge in [0, 0.05) is 12.2 Å². The van der Waals surface area contributed by atoms with Crippen LogP contribution in [0.2, 0.25) is 0 Å². The molecule has 0 saturated carbocycles. The molecule has 6 nitrogen and oxygen atoms in total. The van der Waals surface area contributed by atoms with Gasteiger partial charge in [0.1, 0.15) is 12.4 Å². The van der Waals surface area contributed by atoms with Crippen molar-refractivity contribution in [3.05, 3.63) is 53.9 Å². The van der Waals surface area contributed by atoms with Crippen LogP contribution in [-0.4, -0.2) is 42.2 Å². The molecule has 1 aromatic carbocycles. The van der Waals surface area contributed by atoms with Gasteiger partial charge < -0.3 is 20.3 Å². The van der Waals surface area contributed by atoms with E-state index in [0.717, 1.165) is 31.0 Å². The van der Waals surface area contributed by atoms with Crippen LogP contribution in [-0.2, 0) is 6.54 Å². The van der Waals surface area contributed by atoms with Gasteiger partial charge in [-0.15, -0.1) is 0 Å². The van der Waals surface area contributed by atoms with Crippen molar-refractivity contribution in [1.29, 1.82) is 0 Å². The zero-order valence-corrected chi connectivity index (χ0v) is 15.8. The maximum atomic E-state index is 12.2. The van der Waals surface area contributed by atoms with Gasteiger partial charge >= 0.3 is 6.03 Å². The van der Waals surface area contributed by atoms with Crippen LogP contribution in [0.5, 0.6) is 5.75 Å². The molecule has 0 unspecified atom stereocenters. The van der Waals surface area contributed by atoms with E-state index >= 15 is 0 Å². The van der Waals surface area contributed by atoms with Crippen molar-refractivity contribution in [3.63, 3.8) is 0 Å². The fourth-order valence-corrected chi connectivity index (χ4v) is 2.56. The number of nitrogens with zero attached hydrogens (tertiary/aromatic N) is 2. The molecule has 0 atom stereocenters. The molecule has 1 aromatic heterocycles. The number of likely N-dealkylation sites (N-methyl/N-ethyl adjacent to an activating group) is 1. The Morgan fingerprint density at radius 3 is 2.62 bits per heavy atom. The highest BCUT2D eigenvalue weighted by Gasteiger charge is 2.08. The Bertz CT molecular complexity index is 702. The molecule has 6 heteroatoms. The topological polar surface area (TPSA) is 66.5 Å². The highest BCUT2D eigenvalue weighted by atomic mass is 16.5. The minimum absolute atomic E-state index is 0.284. The molecular weight excluding hydrogens is 328 g/mol. The van der Waals surface area contributed by atoms with E-state index < -0.39 is 0 Å². The SMILES string of the molecule is CCN(CC)CCOc1ccccc1NC(=O)NCc1cccc(C)n1. The standard InChI is InChI=1S/C20H28N4O2/c1-4-24(5-2)13-14-26-19-12-7-6-11-18(19)23-20(25)21-15-17-10-8-9-16(3)22-17/h6-12H,4-5,13-15H2,1-3H3,(H2,21,23,25). The van der Waals surface area contributed by atoms with E-state index in [9.17, 15) is 4.79 Å². The highest BCUT2D eigenvalue weighted by molar-refractivity contribution is 5.90. The molecule has 2 N–H and O–H groups in total. The molecule has 0 spiro atoms. The number of benzene rings is 1. The molecule has 0 fully saturated rings. The summed E-state index contributed by atoms with van der Waals surface area (Å²) in [7, 11) is 0. The average molecular weight is 356 g/mol. The molecule has 0 aliphatic carbocycles. The number of anilines is 1. The fourth-order valence-electron chi connectivity index (χ4n) is 2.56. The number of carbonyl (C=O) groups excluding carboxylic acids is 1. The van der Waals surface area contributed by atoms with Gasteiger partial charge in [0.25, 0.3) is 0 Å². The van der Waals surface area contributed by atoms with E-state index in [0.29, 0.717) is 24.6 Å². The molecule has 2 aromatic rings. The van der Waals surface area contributed by atoms with Gasteiger partial charge in [-0.3, -0.25) is 4.98 Å². The minimum Gasteiger partial charge on any atom is -0.490 e. The van der Waals surface area contributed by atoms with Crippen LogP contribution in [0.1, 0.15) is 25.2 Å². The van der Waals surface area contributed by atoms with Crippen molar-refractivity contribution in [2.45, 2.75) is 27.3 Å². The van der Waals surface area contributed by atoms with E-state index in [4.69, 9.17) is 4.74 Å². The van der Waals surface area contributed by atoms with E-state index in [2.05, 4.69) is 34.4 Å². The Morgan fingerprint density at radius 1 is 1.12 bits per heavy atom. The smallest absolute Gasteiger partial charge is 0.319 e. The Labute approximate surface area is 155 Å². The average Bonchev–Trinajstić information content (AvgIpc) is 2.65. The van der Waals surface area contributed by atoms with Crippen LogP contribution < -0.4 is 15.4 Å². The molecular formula is C20H28N4O2. The first-order chi connectivity index (χ1) is 12.6. The summed E-state index contributed by atoms with van der Waals surface area (Å²) in [5.74, 6) is 0.670. The summed E-state index contributed by atoms with van der Waals surface area (Å²) in [6.07, 6.45) is 0. The van der Waals surface area contributed by atoms with Gasteiger partial charge in [0.15, 0.2) is 0 Å². The van der Waals surface area contributed by atoms with Crippen molar-refractivity contribution < 1.29 is 9.53 Å². The number of hydrogen-bond donors (Lipinski definition) is 2. The zero-order chi connectivity index (χ0) is 18.8. The van der Waals surface area contributed by atoms with Gasteiger partial charge in [0.2, 0.25) is 0 Å². The summed E-state index contributed by atoms with van der Waals surface area (Å²) in [5, 5.41) is 5.66. The molecule has 0 bridgehead atoms. The number of aryl methyl sites for hydroxylation is 1. The van der Waals surface area contributed by atoms with Crippen molar-refractivity contribution in [1.82, 2.24) is 15.2 Å². The number of nitrogens with one attached hydrogen (secondary N) is 2. The third kappa shape index (κ3) is 6.37. The Balaban J connectivity index is 1.87. The number of para-hydroxylation sites is 2. The Hall–Kier alpha value is -2.60. The largest absolute Gasteiger partial charge is 0.490 e. The summed E-state index contributed by atoms with van der Waals surface area (Å²) >= 11 is 0. The van der Waals surface area contributed by atoms with Gasteiger partial charge in [-0.1, -0.05) is 32.0 Å². The number of carbonyl (C=O) groups is 1. The zero-order valence-electron chi connectivity index (χ0n) is 15.8. The predicted octanol–water partition coefficient (Wildman–Crippen LogP) is 3.43. The lowest BCUT2D eigenvalue weighted by molar-refractivity contribution is 0.223. The normalized spacial score (nSPS) is 10.6. The number of aromatic nitrogens is 1. The lowest BCUT2D eigenvalue weighted by atomic mass is 10.3. The van der Waals surface area contributed by atoms with E-state index in [1.807, 2.05) is 49.4 Å². The fraction of sp³-hybridized carbons (Fsp3) is 0.400. The molecule has 0 aliphatic rings. The highest BCUT2D eigenvalue weighted by Crippen LogP contribution is 2.23. The van der Waals surface area contributed by atoms with Crippen molar-refractivity contribution >= 4 is 11.7 Å². The first-order valence-electron chi connectivity index (χ1n) is 9.04. The van der Waals surface area contributed by atoms with Crippen molar-refractivity contribution in [2.24, 2.45) is 0 Å². The van der Waals surface area contributed by atoms with Gasteiger partial charge in [-0.2, -0.15) is 0 Å². The third-order valence-corrected chi connectivity index (χ3v) is 4.07. The quantitative estimate of drug-likeness (QED) is 0.722. The monoisotopic (exact) mass is 356 g/mol. The van der Waals surface area contributed by atoms with Gasteiger partial charge in [-0.05, 0) is 44.3 Å². The number of ether oxygens (including phenoxy) is 1. The second-order valence-corrected chi connectivity index (χ2v) is 5.95. The van der Waals surface area contributed by atoms with Gasteiger partial charge in [0.05, 0.1) is 17.9 Å². The lowest BCUT2D eigenvalue weighted by Crippen LogP contribution is -2.29. The van der Waals surface area contributed by atoms with E-state index in [-0.39, 0.29) is 6.03 Å². The lowest BCUT2D eigenvalue weighted by Gasteiger charge is -2.19. The molecule has 1 heterocycles. The number of urea groups is 1. The van der Waals surface area contributed by atoms with Crippen molar-refractivity contribution in [3.8, 4) is 5.75 Å². The number of pyridine rings is 1. The summed E-state index contributed by atoms with van der Waals surface area (Å²) in [5.41, 5.74) is 2.40. The van der Waals surface area contributed by atoms with Crippen LogP contribution in [0.4, 0.5) is 10.5 Å².